The zero-order valence-corrected chi connectivity index (χ0v) is 6.63. The molecule has 1 aliphatic carbocycles. The van der Waals surface area contributed by atoms with Crippen molar-refractivity contribution in [3.63, 3.8) is 0 Å². The van der Waals surface area contributed by atoms with Gasteiger partial charge in [-0.05, 0) is 24.8 Å². The van der Waals surface area contributed by atoms with Gasteiger partial charge in [0.05, 0.1) is 0 Å². The zero-order chi connectivity index (χ0) is 7.56. The summed E-state index contributed by atoms with van der Waals surface area (Å²) >= 11 is 0. The van der Waals surface area contributed by atoms with E-state index in [1.165, 1.54) is 0 Å². The Morgan fingerprint density at radius 1 is 1.70 bits per heavy atom. The number of hydrogen-bond donors (Lipinski definition) is 0. The maximum Gasteiger partial charge on any atom is 0.158 e. The molecule has 1 heteroatoms. The zero-order valence-electron chi connectivity index (χ0n) is 6.63. The van der Waals surface area contributed by atoms with Crippen LogP contribution in [0.5, 0.6) is 0 Å². The first kappa shape index (κ1) is 7.52. The van der Waals surface area contributed by atoms with Crippen LogP contribution in [0.25, 0.3) is 0 Å². The lowest BCUT2D eigenvalue weighted by molar-refractivity contribution is -0.119. The Hall–Kier alpha value is -0.590. The van der Waals surface area contributed by atoms with Crippen molar-refractivity contribution in [1.82, 2.24) is 0 Å². The first-order chi connectivity index (χ1) is 4.74. The maximum absolute atomic E-state index is 11.1. The Morgan fingerprint density at radius 2 is 2.40 bits per heavy atom. The van der Waals surface area contributed by atoms with Crippen LogP contribution in [0.15, 0.2) is 12.2 Å². The Balaban J connectivity index is 2.62. The molecule has 0 aliphatic heterocycles. The number of hydrogen-bond acceptors (Lipinski definition) is 1. The van der Waals surface area contributed by atoms with Gasteiger partial charge in [-0.3, -0.25) is 4.79 Å². The average Bonchev–Trinajstić information content (AvgIpc) is 1.94. The minimum atomic E-state index is 0.306. The van der Waals surface area contributed by atoms with Gasteiger partial charge >= 0.3 is 0 Å². The first-order valence-electron chi connectivity index (χ1n) is 3.96. The highest BCUT2D eigenvalue weighted by Crippen LogP contribution is 2.22. The quantitative estimate of drug-likeness (QED) is 0.542. The molecule has 0 heterocycles. The Bertz CT molecular complexity index is 158. The normalized spacial score (nSPS) is 32.8. The number of rotatable bonds is 1. The van der Waals surface area contributed by atoms with Crippen LogP contribution < -0.4 is 0 Å². The van der Waals surface area contributed by atoms with E-state index in [1.807, 2.05) is 6.08 Å². The van der Waals surface area contributed by atoms with E-state index in [0.717, 1.165) is 12.8 Å². The molecule has 0 bridgehead atoms. The van der Waals surface area contributed by atoms with Crippen LogP contribution in [-0.4, -0.2) is 5.78 Å². The monoisotopic (exact) mass is 138 g/mol. The Morgan fingerprint density at radius 3 is 2.90 bits per heavy atom. The first-order valence-corrected chi connectivity index (χ1v) is 3.96. The van der Waals surface area contributed by atoms with E-state index in [4.69, 9.17) is 0 Å². The van der Waals surface area contributed by atoms with Crippen LogP contribution in [0.3, 0.4) is 0 Å². The highest BCUT2D eigenvalue weighted by atomic mass is 16.1. The molecule has 10 heavy (non-hydrogen) atoms. The summed E-state index contributed by atoms with van der Waals surface area (Å²) in [6.45, 7) is 4.24. The van der Waals surface area contributed by atoms with Crippen LogP contribution in [0, 0.1) is 11.8 Å². The van der Waals surface area contributed by atoms with Gasteiger partial charge in [-0.15, -0.1) is 0 Å². The van der Waals surface area contributed by atoms with Gasteiger partial charge in [0.1, 0.15) is 0 Å². The highest BCUT2D eigenvalue weighted by molar-refractivity contribution is 5.92. The molecule has 0 N–H and O–H groups in total. The third kappa shape index (κ3) is 1.47. The lowest BCUT2D eigenvalue weighted by atomic mass is 9.85. The number of carbonyl (C=O) groups excluding carboxylic acids is 1. The van der Waals surface area contributed by atoms with E-state index < -0.39 is 0 Å². The summed E-state index contributed by atoms with van der Waals surface area (Å²) in [5.41, 5.74) is 0. The van der Waals surface area contributed by atoms with Gasteiger partial charge in [-0.1, -0.05) is 19.9 Å². The summed E-state index contributed by atoms with van der Waals surface area (Å²) in [4.78, 5) is 11.1. The standard InChI is InChI=1S/C9H14O/c1-3-8-6-7(2)4-5-9(8)10/h4-5,7-8H,3,6H2,1-2H3. The van der Waals surface area contributed by atoms with Gasteiger partial charge in [0.25, 0.3) is 0 Å². The van der Waals surface area contributed by atoms with Gasteiger partial charge in [-0.25, -0.2) is 0 Å². The summed E-state index contributed by atoms with van der Waals surface area (Å²) in [6.07, 6.45) is 5.79. The molecule has 56 valence electrons. The van der Waals surface area contributed by atoms with Crippen LogP contribution in [0.4, 0.5) is 0 Å². The van der Waals surface area contributed by atoms with E-state index in [0.29, 0.717) is 17.6 Å². The smallest absolute Gasteiger partial charge is 0.158 e. The molecule has 0 fully saturated rings. The molecule has 0 aromatic carbocycles. The van der Waals surface area contributed by atoms with Crippen LogP contribution in [0.1, 0.15) is 26.7 Å². The molecular formula is C9H14O. The number of ketones is 1. The molecule has 1 rings (SSSR count). The summed E-state index contributed by atoms with van der Waals surface area (Å²) in [7, 11) is 0. The van der Waals surface area contributed by atoms with Crippen molar-refractivity contribution in [2.24, 2.45) is 11.8 Å². The van der Waals surface area contributed by atoms with Crippen molar-refractivity contribution in [1.29, 1.82) is 0 Å². The van der Waals surface area contributed by atoms with E-state index in [1.54, 1.807) is 6.08 Å². The fraction of sp³-hybridized carbons (Fsp3) is 0.667. The third-order valence-corrected chi connectivity index (χ3v) is 2.14. The van der Waals surface area contributed by atoms with E-state index >= 15 is 0 Å². The third-order valence-electron chi connectivity index (χ3n) is 2.14. The summed E-state index contributed by atoms with van der Waals surface area (Å²) in [5.74, 6) is 1.23. The maximum atomic E-state index is 11.1. The summed E-state index contributed by atoms with van der Waals surface area (Å²) in [6, 6.07) is 0. The SMILES string of the molecule is CCC1CC(C)C=CC1=O. The Kier molecular flexibility index (Phi) is 2.25. The fourth-order valence-corrected chi connectivity index (χ4v) is 1.41. The molecule has 1 aliphatic rings. The van der Waals surface area contributed by atoms with Crippen LogP contribution >= 0.6 is 0 Å². The molecule has 0 amide bonds. The van der Waals surface area contributed by atoms with Crippen LogP contribution in [-0.2, 0) is 4.79 Å². The highest BCUT2D eigenvalue weighted by Gasteiger charge is 2.19. The molecule has 2 atom stereocenters. The molecule has 1 nitrogen and oxygen atoms in total. The van der Waals surface area contributed by atoms with Crippen molar-refractivity contribution in [3.05, 3.63) is 12.2 Å². The minimum Gasteiger partial charge on any atom is -0.295 e. The van der Waals surface area contributed by atoms with Gasteiger partial charge in [-0.2, -0.15) is 0 Å². The van der Waals surface area contributed by atoms with Gasteiger partial charge in [0.2, 0.25) is 0 Å². The van der Waals surface area contributed by atoms with E-state index in [-0.39, 0.29) is 0 Å². The van der Waals surface area contributed by atoms with Gasteiger partial charge in [0, 0.05) is 5.92 Å². The van der Waals surface area contributed by atoms with Crippen molar-refractivity contribution < 1.29 is 4.79 Å². The fourth-order valence-electron chi connectivity index (χ4n) is 1.41. The average molecular weight is 138 g/mol. The van der Waals surface area contributed by atoms with Crippen molar-refractivity contribution in [3.8, 4) is 0 Å². The molecule has 0 aromatic rings. The largest absolute Gasteiger partial charge is 0.295 e. The van der Waals surface area contributed by atoms with Crippen molar-refractivity contribution >= 4 is 5.78 Å². The molecular weight excluding hydrogens is 124 g/mol. The second-order valence-corrected chi connectivity index (χ2v) is 3.08. The van der Waals surface area contributed by atoms with Crippen molar-refractivity contribution in [2.45, 2.75) is 26.7 Å². The second kappa shape index (κ2) is 3.00. The molecule has 0 spiro atoms. The Labute approximate surface area is 62.1 Å². The van der Waals surface area contributed by atoms with Gasteiger partial charge < -0.3 is 0 Å². The lowest BCUT2D eigenvalue weighted by Gasteiger charge is -2.18. The van der Waals surface area contributed by atoms with Crippen LogP contribution in [0.2, 0.25) is 0 Å². The topological polar surface area (TPSA) is 17.1 Å². The predicted molar refractivity (Wildman–Crippen MR) is 41.7 cm³/mol. The number of allylic oxidation sites excluding steroid dienone is 2. The summed E-state index contributed by atoms with van der Waals surface area (Å²) in [5, 5.41) is 0. The van der Waals surface area contributed by atoms with Gasteiger partial charge in [0.15, 0.2) is 5.78 Å². The molecule has 2 unspecified atom stereocenters. The minimum absolute atomic E-state index is 0.306. The van der Waals surface area contributed by atoms with E-state index in [2.05, 4.69) is 13.8 Å². The molecule has 0 aromatic heterocycles. The lowest BCUT2D eigenvalue weighted by Crippen LogP contribution is -2.18. The second-order valence-electron chi connectivity index (χ2n) is 3.08. The summed E-state index contributed by atoms with van der Waals surface area (Å²) < 4.78 is 0. The predicted octanol–water partition coefficient (Wildman–Crippen LogP) is 2.18. The van der Waals surface area contributed by atoms with Crippen molar-refractivity contribution in [2.75, 3.05) is 0 Å². The molecule has 0 saturated carbocycles. The molecule has 0 saturated heterocycles. The van der Waals surface area contributed by atoms with E-state index in [9.17, 15) is 4.79 Å². The molecule has 0 radical (unpaired) electrons. The number of carbonyl (C=O) groups is 1.